The van der Waals surface area contributed by atoms with Gasteiger partial charge in [0.05, 0.1) is 25.7 Å². The molecule has 152 valence electrons. The van der Waals surface area contributed by atoms with Crippen LogP contribution in [0.15, 0.2) is 42.5 Å². The predicted octanol–water partition coefficient (Wildman–Crippen LogP) is 4.21. The molecule has 0 amide bonds. The van der Waals surface area contributed by atoms with Gasteiger partial charge in [-0.2, -0.15) is 0 Å². The van der Waals surface area contributed by atoms with Gasteiger partial charge in [0.1, 0.15) is 0 Å². The van der Waals surface area contributed by atoms with E-state index in [2.05, 4.69) is 25.2 Å². The molecule has 5 heteroatoms. The number of carbonyl (C=O) groups is 1. The molecule has 0 fully saturated rings. The molecule has 0 aromatic heterocycles. The van der Waals surface area contributed by atoms with E-state index < -0.39 is 26.1 Å². The first kappa shape index (κ1) is 23.6. The van der Waals surface area contributed by atoms with Gasteiger partial charge >= 0.3 is 5.97 Å². The normalized spacial score (nSPS) is 16.3. The van der Waals surface area contributed by atoms with Crippen LogP contribution < -0.4 is 5.19 Å². The molecule has 1 rings (SSSR count). The number of aliphatic carboxylic acids is 1. The van der Waals surface area contributed by atoms with Crippen LogP contribution in [0.4, 0.5) is 0 Å². The summed E-state index contributed by atoms with van der Waals surface area (Å²) >= 11 is 0. The third kappa shape index (κ3) is 6.90. The minimum Gasteiger partial charge on any atom is -0.481 e. The molecule has 0 unspecified atom stereocenters. The quantitative estimate of drug-likeness (QED) is 0.336. The van der Waals surface area contributed by atoms with Crippen LogP contribution in [0, 0.1) is 5.92 Å². The van der Waals surface area contributed by atoms with Gasteiger partial charge in [-0.15, -0.1) is 0 Å². The average Bonchev–Trinajstić information content (AvgIpc) is 2.61. The molecular weight excluding hydrogens is 356 g/mol. The minimum atomic E-state index is -2.05. The zero-order chi connectivity index (χ0) is 20.7. The van der Waals surface area contributed by atoms with Gasteiger partial charge in [0.15, 0.2) is 0 Å². The van der Waals surface area contributed by atoms with Crippen LogP contribution in [0.25, 0.3) is 0 Å². The van der Waals surface area contributed by atoms with Gasteiger partial charge in [-0.25, -0.2) is 0 Å². The van der Waals surface area contributed by atoms with Crippen molar-refractivity contribution in [2.45, 2.75) is 70.4 Å². The van der Waals surface area contributed by atoms with Crippen LogP contribution in [0.5, 0.6) is 0 Å². The van der Waals surface area contributed by atoms with Crippen LogP contribution >= 0.6 is 0 Å². The topological polar surface area (TPSA) is 66.8 Å². The lowest BCUT2D eigenvalue weighted by molar-refractivity contribution is -0.144. The first-order valence-electron chi connectivity index (χ1n) is 9.71. The lowest BCUT2D eigenvalue weighted by Gasteiger charge is -2.35. The molecule has 0 aliphatic heterocycles. The maximum Gasteiger partial charge on any atom is 0.309 e. The molecule has 3 atom stereocenters. The molecule has 2 N–H and O–H groups in total. The molecule has 0 heterocycles. The van der Waals surface area contributed by atoms with E-state index in [0.717, 1.165) is 19.3 Å². The van der Waals surface area contributed by atoms with Crippen LogP contribution in [-0.2, 0) is 9.53 Å². The van der Waals surface area contributed by atoms with Crippen molar-refractivity contribution in [1.29, 1.82) is 0 Å². The van der Waals surface area contributed by atoms with E-state index >= 15 is 0 Å². The number of hydrogen-bond donors (Lipinski definition) is 2. The standard InChI is InChI=1S/C22H36O4Si/c1-17(27(5,6)18-13-9-7-10-14-18)20(21(24)25)19(23)15-11-8-12-16-22(2,3)26-4/h7,9-11,13-15,17,19-20,23H,8,12,16H2,1-6H3,(H,24,25)/b15-11+/t17-,19-,20+/m0/s1. The number of benzene rings is 1. The lowest BCUT2D eigenvalue weighted by Crippen LogP contribution is -2.50. The highest BCUT2D eigenvalue weighted by Gasteiger charge is 2.41. The summed E-state index contributed by atoms with van der Waals surface area (Å²) in [7, 11) is -0.342. The van der Waals surface area contributed by atoms with Gasteiger partial charge in [0.25, 0.3) is 0 Å². The Morgan fingerprint density at radius 3 is 2.37 bits per heavy atom. The largest absolute Gasteiger partial charge is 0.481 e. The molecule has 1 aromatic rings. The average molecular weight is 393 g/mol. The predicted molar refractivity (Wildman–Crippen MR) is 114 cm³/mol. The van der Waals surface area contributed by atoms with E-state index in [1.165, 1.54) is 5.19 Å². The summed E-state index contributed by atoms with van der Waals surface area (Å²) in [5, 5.41) is 21.6. The van der Waals surface area contributed by atoms with Gasteiger partial charge in [0.2, 0.25) is 0 Å². The highest BCUT2D eigenvalue weighted by Crippen LogP contribution is 2.32. The number of unbranched alkanes of at least 4 members (excludes halogenated alkanes) is 1. The number of allylic oxidation sites excluding steroid dienone is 1. The van der Waals surface area contributed by atoms with E-state index in [4.69, 9.17) is 4.74 Å². The Labute approximate surface area is 165 Å². The molecule has 0 saturated heterocycles. The molecule has 0 bridgehead atoms. The van der Waals surface area contributed by atoms with Gasteiger partial charge in [-0.05, 0) is 38.7 Å². The van der Waals surface area contributed by atoms with E-state index in [9.17, 15) is 15.0 Å². The van der Waals surface area contributed by atoms with Gasteiger partial charge in [-0.3, -0.25) is 4.79 Å². The lowest BCUT2D eigenvalue weighted by atomic mass is 9.97. The van der Waals surface area contributed by atoms with Crippen molar-refractivity contribution >= 4 is 19.2 Å². The monoisotopic (exact) mass is 392 g/mol. The highest BCUT2D eigenvalue weighted by atomic mass is 28.3. The molecule has 0 saturated carbocycles. The maximum absolute atomic E-state index is 11.9. The third-order valence-corrected chi connectivity index (χ3v) is 10.3. The molecule has 0 spiro atoms. The van der Waals surface area contributed by atoms with Crippen molar-refractivity contribution in [1.82, 2.24) is 0 Å². The Kier molecular flexibility index (Phi) is 8.92. The first-order valence-corrected chi connectivity index (χ1v) is 12.8. The number of carboxylic acid groups (broad SMARTS) is 1. The summed E-state index contributed by atoms with van der Waals surface area (Å²) < 4.78 is 5.40. The van der Waals surface area contributed by atoms with Crippen molar-refractivity contribution in [3.63, 3.8) is 0 Å². The summed E-state index contributed by atoms with van der Waals surface area (Å²) in [6.45, 7) is 10.4. The number of hydrogen-bond acceptors (Lipinski definition) is 3. The fourth-order valence-electron chi connectivity index (χ4n) is 3.34. The van der Waals surface area contributed by atoms with Gasteiger partial charge in [0, 0.05) is 7.11 Å². The Bertz CT molecular complexity index is 610. The summed E-state index contributed by atoms with van der Waals surface area (Å²) in [6, 6.07) is 10.1. The zero-order valence-corrected chi connectivity index (χ0v) is 18.6. The summed E-state index contributed by atoms with van der Waals surface area (Å²) in [5.74, 6) is -1.74. The molecular formula is C22H36O4Si. The second-order valence-electron chi connectivity index (χ2n) is 8.52. The number of carboxylic acids is 1. The van der Waals surface area contributed by atoms with Crippen LogP contribution in [0.3, 0.4) is 0 Å². The smallest absolute Gasteiger partial charge is 0.309 e. The maximum atomic E-state index is 11.9. The number of aliphatic hydroxyl groups excluding tert-OH is 1. The fourth-order valence-corrected chi connectivity index (χ4v) is 6.15. The van der Waals surface area contributed by atoms with Gasteiger partial charge < -0.3 is 14.9 Å². The van der Waals surface area contributed by atoms with E-state index in [1.807, 2.05) is 45.0 Å². The SMILES string of the molecule is COC(C)(C)CCC/C=C/[C@H](O)[C@H](C(=O)O)[C@H](C)[Si](C)(C)c1ccccc1. The molecule has 0 aliphatic carbocycles. The Morgan fingerprint density at radius 2 is 1.85 bits per heavy atom. The second kappa shape index (κ2) is 10.2. The van der Waals surface area contributed by atoms with Crippen molar-refractivity contribution in [2.75, 3.05) is 7.11 Å². The van der Waals surface area contributed by atoms with E-state index in [0.29, 0.717) is 0 Å². The van der Waals surface area contributed by atoms with E-state index in [-0.39, 0.29) is 11.1 Å². The number of ether oxygens (including phenoxy) is 1. The van der Waals surface area contributed by atoms with Crippen LogP contribution in [-0.4, -0.2) is 43.1 Å². The Hall–Kier alpha value is -1.43. The molecule has 0 aliphatic rings. The second-order valence-corrected chi connectivity index (χ2v) is 13.4. The van der Waals surface area contributed by atoms with Gasteiger partial charge in [-0.1, -0.05) is 67.7 Å². The number of aliphatic hydroxyl groups is 1. The van der Waals surface area contributed by atoms with Crippen molar-refractivity contribution < 1.29 is 19.7 Å². The van der Waals surface area contributed by atoms with E-state index in [1.54, 1.807) is 13.2 Å². The van der Waals surface area contributed by atoms with Crippen molar-refractivity contribution in [3.05, 3.63) is 42.5 Å². The minimum absolute atomic E-state index is 0.107. The Balaban J connectivity index is 2.79. The van der Waals surface area contributed by atoms with Crippen molar-refractivity contribution in [3.8, 4) is 0 Å². The zero-order valence-electron chi connectivity index (χ0n) is 17.6. The molecule has 4 nitrogen and oxygen atoms in total. The fraction of sp³-hybridized carbons (Fsp3) is 0.591. The summed E-state index contributed by atoms with van der Waals surface area (Å²) in [5.41, 5.74) is -0.264. The number of rotatable bonds is 11. The Morgan fingerprint density at radius 1 is 1.26 bits per heavy atom. The van der Waals surface area contributed by atoms with Crippen LogP contribution in [0.2, 0.25) is 18.6 Å². The molecule has 1 aromatic carbocycles. The summed E-state index contributed by atoms with van der Waals surface area (Å²) in [6.07, 6.45) is 5.21. The van der Waals surface area contributed by atoms with Crippen molar-refractivity contribution in [2.24, 2.45) is 5.92 Å². The third-order valence-electron chi connectivity index (χ3n) is 5.88. The highest BCUT2D eigenvalue weighted by molar-refractivity contribution is 6.91. The molecule has 0 radical (unpaired) electrons. The van der Waals surface area contributed by atoms with Crippen LogP contribution in [0.1, 0.15) is 40.0 Å². The summed E-state index contributed by atoms with van der Waals surface area (Å²) in [4.78, 5) is 11.9. The number of methoxy groups -OCH3 is 1. The molecule has 27 heavy (non-hydrogen) atoms. The first-order chi connectivity index (χ1) is 12.5.